The molecule has 0 aliphatic rings. The Morgan fingerprint density at radius 2 is 1.92 bits per heavy atom. The van der Waals surface area contributed by atoms with Crippen LogP contribution in [0.1, 0.15) is 27.7 Å². The van der Waals surface area contributed by atoms with E-state index in [1.165, 1.54) is 12.2 Å². The van der Waals surface area contributed by atoms with Crippen molar-refractivity contribution >= 4 is 0 Å². The van der Waals surface area contributed by atoms with E-state index in [0.717, 1.165) is 0 Å². The van der Waals surface area contributed by atoms with Crippen molar-refractivity contribution in [3.05, 3.63) is 28.5 Å². The van der Waals surface area contributed by atoms with Crippen molar-refractivity contribution in [3.8, 4) is 6.57 Å². The van der Waals surface area contributed by atoms with Gasteiger partial charge < -0.3 is 0 Å². The van der Waals surface area contributed by atoms with Crippen LogP contribution in [0.5, 0.6) is 0 Å². The third-order valence-corrected chi connectivity index (χ3v) is 2.18. The van der Waals surface area contributed by atoms with E-state index in [0.29, 0.717) is 11.6 Å². The molecule has 0 radical (unpaired) electrons. The third kappa shape index (κ3) is 3.89. The Hall–Kier alpha value is -1.10. The summed E-state index contributed by atoms with van der Waals surface area (Å²) in [6.45, 7) is 12.9. The van der Waals surface area contributed by atoms with Gasteiger partial charge in [0.1, 0.15) is 5.83 Å². The standard InChI is InChI=1S/C11H17FN/c1-6-10(12)7-11(13-5)9(4)8(2)3/h5-9H,1-4H3/q+1. The average Bonchev–Trinajstić information content (AvgIpc) is 2.12. The third-order valence-electron chi connectivity index (χ3n) is 2.18. The summed E-state index contributed by atoms with van der Waals surface area (Å²) in [6.07, 6.45) is 2.77. The van der Waals surface area contributed by atoms with Crippen molar-refractivity contribution in [1.82, 2.24) is 0 Å². The predicted octanol–water partition coefficient (Wildman–Crippen LogP) is 4.00. The molecule has 0 aromatic rings. The molecule has 0 rings (SSSR count). The highest BCUT2D eigenvalue weighted by Gasteiger charge is 2.21. The number of halogens is 1. The summed E-state index contributed by atoms with van der Waals surface area (Å²) < 4.78 is 12.9. The number of allylic oxidation sites excluding steroid dienone is 4. The van der Waals surface area contributed by atoms with Gasteiger partial charge in [-0.15, -0.1) is 0 Å². The van der Waals surface area contributed by atoms with Crippen LogP contribution in [0, 0.1) is 18.4 Å². The Labute approximate surface area is 79.8 Å². The molecule has 0 amide bonds. The van der Waals surface area contributed by atoms with Crippen molar-refractivity contribution in [3.63, 3.8) is 0 Å². The molecule has 0 aromatic carbocycles. The van der Waals surface area contributed by atoms with Gasteiger partial charge >= 0.3 is 5.70 Å². The zero-order valence-electron chi connectivity index (χ0n) is 8.71. The van der Waals surface area contributed by atoms with Crippen molar-refractivity contribution in [1.29, 1.82) is 0 Å². The van der Waals surface area contributed by atoms with Crippen LogP contribution >= 0.6 is 0 Å². The summed E-state index contributed by atoms with van der Waals surface area (Å²) in [6, 6.07) is 0. The smallest absolute Gasteiger partial charge is 0.207 e. The Morgan fingerprint density at radius 1 is 1.38 bits per heavy atom. The zero-order valence-corrected chi connectivity index (χ0v) is 8.71. The van der Waals surface area contributed by atoms with Crippen LogP contribution in [-0.2, 0) is 0 Å². The molecular weight excluding hydrogens is 165 g/mol. The lowest BCUT2D eigenvalue weighted by atomic mass is 9.94. The van der Waals surface area contributed by atoms with Gasteiger partial charge in [0.15, 0.2) is 0 Å². The maximum atomic E-state index is 12.9. The molecule has 13 heavy (non-hydrogen) atoms. The molecule has 1 nitrogen and oxygen atoms in total. The van der Waals surface area contributed by atoms with Crippen LogP contribution in [-0.4, -0.2) is 0 Å². The lowest BCUT2D eigenvalue weighted by molar-refractivity contribution is 0.485. The summed E-state index contributed by atoms with van der Waals surface area (Å²) in [7, 11) is 0. The van der Waals surface area contributed by atoms with Gasteiger partial charge in [-0.1, -0.05) is 26.8 Å². The van der Waals surface area contributed by atoms with Crippen LogP contribution in [0.25, 0.3) is 4.85 Å². The fourth-order valence-electron chi connectivity index (χ4n) is 0.852. The van der Waals surface area contributed by atoms with Gasteiger partial charge in [-0.05, 0) is 17.7 Å². The zero-order chi connectivity index (χ0) is 10.4. The lowest BCUT2D eigenvalue weighted by Crippen LogP contribution is -2.04. The molecule has 0 aromatic heterocycles. The molecule has 0 heterocycles. The second-order valence-corrected chi connectivity index (χ2v) is 3.40. The summed E-state index contributed by atoms with van der Waals surface area (Å²) >= 11 is 0. The van der Waals surface area contributed by atoms with Gasteiger partial charge in [-0.3, -0.25) is 0 Å². The minimum Gasteiger partial charge on any atom is -0.207 e. The Bertz CT molecular complexity index is 256. The van der Waals surface area contributed by atoms with E-state index in [4.69, 9.17) is 6.57 Å². The van der Waals surface area contributed by atoms with Crippen LogP contribution in [0.4, 0.5) is 4.39 Å². The molecule has 0 saturated heterocycles. The van der Waals surface area contributed by atoms with Gasteiger partial charge in [0.25, 0.3) is 6.57 Å². The van der Waals surface area contributed by atoms with Gasteiger partial charge in [0.2, 0.25) is 0 Å². The number of nitrogens with zero attached hydrogens (tertiary/aromatic N) is 1. The van der Waals surface area contributed by atoms with Crippen LogP contribution in [0.15, 0.2) is 23.7 Å². The summed E-state index contributed by atoms with van der Waals surface area (Å²) in [5, 5.41) is 0. The van der Waals surface area contributed by atoms with Crippen molar-refractivity contribution in [2.24, 2.45) is 11.8 Å². The maximum Gasteiger partial charge on any atom is 0.322 e. The van der Waals surface area contributed by atoms with E-state index in [1.54, 1.807) is 6.92 Å². The first-order valence-corrected chi connectivity index (χ1v) is 4.47. The number of hydrogen-bond donors (Lipinski definition) is 0. The average molecular weight is 182 g/mol. The second kappa shape index (κ2) is 5.53. The van der Waals surface area contributed by atoms with E-state index in [9.17, 15) is 4.39 Å². The highest BCUT2D eigenvalue weighted by atomic mass is 19.1. The second-order valence-electron chi connectivity index (χ2n) is 3.40. The van der Waals surface area contributed by atoms with E-state index < -0.39 is 0 Å². The first kappa shape index (κ1) is 11.9. The lowest BCUT2D eigenvalue weighted by Gasteiger charge is -2.07. The summed E-state index contributed by atoms with van der Waals surface area (Å²) in [4.78, 5) is 3.58. The highest BCUT2D eigenvalue weighted by Crippen LogP contribution is 2.22. The van der Waals surface area contributed by atoms with Crippen LogP contribution in [0.3, 0.4) is 0 Å². The van der Waals surface area contributed by atoms with Crippen LogP contribution in [0.2, 0.25) is 0 Å². The number of rotatable bonds is 3. The van der Waals surface area contributed by atoms with Gasteiger partial charge in [-0.25, -0.2) is 4.39 Å². The first-order valence-electron chi connectivity index (χ1n) is 4.47. The molecule has 0 saturated carbocycles. The fraction of sp³-hybridized carbons (Fsp3) is 0.545. The fourth-order valence-corrected chi connectivity index (χ4v) is 0.852. The summed E-state index contributed by atoms with van der Waals surface area (Å²) in [5.74, 6) is 0.288. The van der Waals surface area contributed by atoms with E-state index in [2.05, 4.69) is 18.7 Å². The first-order chi connectivity index (χ1) is 6.02. The summed E-state index contributed by atoms with van der Waals surface area (Å²) in [5.41, 5.74) is 0.602. The molecule has 72 valence electrons. The SMILES string of the molecule is C#[N+]C(=CC(F)=CC)C(C)C(C)C. The molecule has 0 N–H and O–H groups in total. The van der Waals surface area contributed by atoms with Gasteiger partial charge in [0.05, 0.1) is 12.0 Å². The molecule has 1 atom stereocenters. The minimum atomic E-state index is -0.295. The molecular formula is C11H17FN+. The monoisotopic (exact) mass is 182 g/mol. The predicted molar refractivity (Wildman–Crippen MR) is 55.3 cm³/mol. The van der Waals surface area contributed by atoms with Crippen LogP contribution < -0.4 is 0 Å². The normalized spacial score (nSPS) is 15.8. The molecule has 1 unspecified atom stereocenters. The van der Waals surface area contributed by atoms with E-state index >= 15 is 0 Å². The van der Waals surface area contributed by atoms with Gasteiger partial charge in [-0.2, -0.15) is 0 Å². The van der Waals surface area contributed by atoms with Gasteiger partial charge in [0, 0.05) is 0 Å². The Balaban J connectivity index is 4.73. The van der Waals surface area contributed by atoms with Crippen molar-refractivity contribution in [2.45, 2.75) is 27.7 Å². The molecule has 2 heteroatoms. The van der Waals surface area contributed by atoms with Crippen molar-refractivity contribution in [2.75, 3.05) is 0 Å². The Morgan fingerprint density at radius 3 is 2.23 bits per heavy atom. The van der Waals surface area contributed by atoms with E-state index in [-0.39, 0.29) is 11.7 Å². The topological polar surface area (TPSA) is 4.36 Å². The molecule has 0 bridgehead atoms. The molecule has 0 aliphatic carbocycles. The van der Waals surface area contributed by atoms with E-state index in [1.807, 2.05) is 6.92 Å². The largest absolute Gasteiger partial charge is 0.322 e. The highest BCUT2D eigenvalue weighted by molar-refractivity contribution is 5.24. The van der Waals surface area contributed by atoms with Crippen molar-refractivity contribution < 1.29 is 4.39 Å². The quantitative estimate of drug-likeness (QED) is 0.581. The molecule has 0 spiro atoms. The minimum absolute atomic E-state index is 0.177. The molecule has 0 aliphatic heterocycles. The maximum absolute atomic E-state index is 12.9. The number of hydrogen-bond acceptors (Lipinski definition) is 0. The molecule has 0 fully saturated rings. The Kier molecular flexibility index (Phi) is 5.06.